The van der Waals surface area contributed by atoms with Crippen LogP contribution in [0.15, 0.2) is 54.6 Å². The number of methoxy groups -OCH3 is 1. The minimum Gasteiger partial charge on any atom is -0.497 e. The van der Waals surface area contributed by atoms with Gasteiger partial charge in [-0.15, -0.1) is 0 Å². The first-order valence-corrected chi connectivity index (χ1v) is 8.05. The Labute approximate surface area is 142 Å². The molecule has 0 N–H and O–H groups in total. The van der Waals surface area contributed by atoms with Crippen LogP contribution in [0.2, 0.25) is 0 Å². The zero-order valence-corrected chi connectivity index (χ0v) is 13.8. The minimum absolute atomic E-state index is 0.000606. The lowest BCUT2D eigenvalue weighted by molar-refractivity contribution is 0.104. The fourth-order valence-electron chi connectivity index (χ4n) is 2.64. The Balaban J connectivity index is 1.64. The van der Waals surface area contributed by atoms with Crippen LogP contribution in [0, 0.1) is 0 Å². The molecule has 3 rings (SSSR count). The SMILES string of the molecule is COc1ccc(/C=C/C(=O)c2ccc(N3CCOCC3)cc2)cc1. The Bertz CT molecular complexity index is 699. The molecule has 2 aromatic rings. The van der Waals surface area contributed by atoms with Crippen molar-refractivity contribution in [1.29, 1.82) is 0 Å². The van der Waals surface area contributed by atoms with Crippen molar-refractivity contribution < 1.29 is 14.3 Å². The van der Waals surface area contributed by atoms with E-state index in [1.54, 1.807) is 13.2 Å². The Morgan fingerprint density at radius 2 is 1.71 bits per heavy atom. The molecule has 0 aliphatic carbocycles. The van der Waals surface area contributed by atoms with Gasteiger partial charge < -0.3 is 14.4 Å². The molecule has 2 aromatic carbocycles. The van der Waals surface area contributed by atoms with Gasteiger partial charge in [0.2, 0.25) is 0 Å². The number of anilines is 1. The first-order chi connectivity index (χ1) is 11.8. The van der Waals surface area contributed by atoms with E-state index in [9.17, 15) is 4.79 Å². The lowest BCUT2D eigenvalue weighted by atomic mass is 10.1. The van der Waals surface area contributed by atoms with Crippen molar-refractivity contribution in [3.63, 3.8) is 0 Å². The third-order valence-electron chi connectivity index (χ3n) is 4.07. The van der Waals surface area contributed by atoms with Gasteiger partial charge in [-0.05, 0) is 48.0 Å². The first-order valence-electron chi connectivity index (χ1n) is 8.05. The lowest BCUT2D eigenvalue weighted by Crippen LogP contribution is -2.36. The zero-order valence-electron chi connectivity index (χ0n) is 13.8. The van der Waals surface area contributed by atoms with Crippen molar-refractivity contribution in [2.45, 2.75) is 0 Å². The molecule has 1 aliphatic heterocycles. The molecule has 0 amide bonds. The molecule has 0 atom stereocenters. The van der Waals surface area contributed by atoms with Crippen LogP contribution in [0.3, 0.4) is 0 Å². The van der Waals surface area contributed by atoms with E-state index < -0.39 is 0 Å². The van der Waals surface area contributed by atoms with Crippen LogP contribution < -0.4 is 9.64 Å². The number of ether oxygens (including phenoxy) is 2. The van der Waals surface area contributed by atoms with Gasteiger partial charge in [0.1, 0.15) is 5.75 Å². The molecule has 4 heteroatoms. The van der Waals surface area contributed by atoms with E-state index in [2.05, 4.69) is 4.90 Å². The number of ketones is 1. The normalized spacial score (nSPS) is 14.8. The number of hydrogen-bond donors (Lipinski definition) is 0. The smallest absolute Gasteiger partial charge is 0.185 e. The summed E-state index contributed by atoms with van der Waals surface area (Å²) < 4.78 is 10.5. The molecule has 0 spiro atoms. The van der Waals surface area contributed by atoms with E-state index >= 15 is 0 Å². The number of nitrogens with zero attached hydrogens (tertiary/aromatic N) is 1. The molecule has 0 unspecified atom stereocenters. The van der Waals surface area contributed by atoms with Crippen molar-refractivity contribution in [3.8, 4) is 5.75 Å². The monoisotopic (exact) mass is 323 g/mol. The summed E-state index contributed by atoms with van der Waals surface area (Å²) in [5, 5.41) is 0. The molecule has 0 radical (unpaired) electrons. The predicted octanol–water partition coefficient (Wildman–Crippen LogP) is 3.43. The molecular weight excluding hydrogens is 302 g/mol. The maximum absolute atomic E-state index is 12.3. The van der Waals surface area contributed by atoms with E-state index in [-0.39, 0.29) is 5.78 Å². The molecule has 1 heterocycles. The molecule has 0 aromatic heterocycles. The predicted molar refractivity (Wildman–Crippen MR) is 95.8 cm³/mol. The topological polar surface area (TPSA) is 38.8 Å². The van der Waals surface area contributed by atoms with Crippen LogP contribution in [-0.2, 0) is 4.74 Å². The number of hydrogen-bond acceptors (Lipinski definition) is 4. The van der Waals surface area contributed by atoms with Gasteiger partial charge in [-0.2, -0.15) is 0 Å². The van der Waals surface area contributed by atoms with E-state index in [4.69, 9.17) is 9.47 Å². The summed E-state index contributed by atoms with van der Waals surface area (Å²) >= 11 is 0. The van der Waals surface area contributed by atoms with Gasteiger partial charge in [-0.25, -0.2) is 0 Å². The quantitative estimate of drug-likeness (QED) is 0.624. The fourth-order valence-corrected chi connectivity index (χ4v) is 2.64. The third-order valence-corrected chi connectivity index (χ3v) is 4.07. The molecule has 1 fully saturated rings. The highest BCUT2D eigenvalue weighted by Gasteiger charge is 2.11. The highest BCUT2D eigenvalue weighted by atomic mass is 16.5. The van der Waals surface area contributed by atoms with Crippen LogP contribution in [0.5, 0.6) is 5.75 Å². The molecule has 0 saturated carbocycles. The number of carbonyl (C=O) groups is 1. The molecule has 4 nitrogen and oxygen atoms in total. The second-order valence-corrected chi connectivity index (χ2v) is 5.62. The fraction of sp³-hybridized carbons (Fsp3) is 0.250. The number of morpholine rings is 1. The molecular formula is C20H21NO3. The van der Waals surface area contributed by atoms with Gasteiger partial charge in [0.25, 0.3) is 0 Å². The van der Waals surface area contributed by atoms with Crippen molar-refractivity contribution in [3.05, 3.63) is 65.7 Å². The van der Waals surface area contributed by atoms with Gasteiger partial charge in [0, 0.05) is 24.3 Å². The standard InChI is InChI=1S/C20H21NO3/c1-23-19-9-2-16(3-10-19)4-11-20(22)17-5-7-18(8-6-17)21-12-14-24-15-13-21/h2-11H,12-15H2,1H3/b11-4+. The van der Waals surface area contributed by atoms with Crippen LogP contribution in [-0.4, -0.2) is 39.2 Å². The number of allylic oxidation sites excluding steroid dienone is 1. The van der Waals surface area contributed by atoms with Crippen molar-refractivity contribution in [1.82, 2.24) is 0 Å². The van der Waals surface area contributed by atoms with Crippen molar-refractivity contribution in [2.75, 3.05) is 38.3 Å². The lowest BCUT2D eigenvalue weighted by Gasteiger charge is -2.28. The number of rotatable bonds is 5. The molecule has 0 bridgehead atoms. The second-order valence-electron chi connectivity index (χ2n) is 5.62. The Kier molecular flexibility index (Phi) is 5.29. The number of carbonyl (C=O) groups excluding carboxylic acids is 1. The zero-order chi connectivity index (χ0) is 16.8. The molecule has 24 heavy (non-hydrogen) atoms. The minimum atomic E-state index is -0.000606. The van der Waals surface area contributed by atoms with E-state index in [1.807, 2.05) is 54.6 Å². The summed E-state index contributed by atoms with van der Waals surface area (Å²) in [6, 6.07) is 15.4. The van der Waals surface area contributed by atoms with Gasteiger partial charge >= 0.3 is 0 Å². The summed E-state index contributed by atoms with van der Waals surface area (Å²) in [4.78, 5) is 14.6. The average Bonchev–Trinajstić information content (AvgIpc) is 2.67. The van der Waals surface area contributed by atoms with E-state index in [1.165, 1.54) is 0 Å². The van der Waals surface area contributed by atoms with Crippen molar-refractivity contribution in [2.24, 2.45) is 0 Å². The molecule has 124 valence electrons. The average molecular weight is 323 g/mol. The Morgan fingerprint density at radius 1 is 1.04 bits per heavy atom. The van der Waals surface area contributed by atoms with Crippen LogP contribution in [0.1, 0.15) is 15.9 Å². The maximum Gasteiger partial charge on any atom is 0.185 e. The molecule has 1 saturated heterocycles. The molecule has 1 aliphatic rings. The number of benzene rings is 2. The van der Waals surface area contributed by atoms with Gasteiger partial charge in [-0.3, -0.25) is 4.79 Å². The Morgan fingerprint density at radius 3 is 2.33 bits per heavy atom. The third kappa shape index (κ3) is 4.03. The van der Waals surface area contributed by atoms with E-state index in [0.717, 1.165) is 43.3 Å². The first kappa shape index (κ1) is 16.3. The highest BCUT2D eigenvalue weighted by molar-refractivity contribution is 6.06. The second kappa shape index (κ2) is 7.79. The van der Waals surface area contributed by atoms with Gasteiger partial charge in [-0.1, -0.05) is 18.2 Å². The van der Waals surface area contributed by atoms with E-state index in [0.29, 0.717) is 5.56 Å². The van der Waals surface area contributed by atoms with Gasteiger partial charge in [0.15, 0.2) is 5.78 Å². The summed E-state index contributed by atoms with van der Waals surface area (Å²) in [7, 11) is 1.63. The maximum atomic E-state index is 12.3. The van der Waals surface area contributed by atoms with Crippen LogP contribution in [0.25, 0.3) is 6.08 Å². The Hall–Kier alpha value is -2.59. The summed E-state index contributed by atoms with van der Waals surface area (Å²) in [5.74, 6) is 0.802. The van der Waals surface area contributed by atoms with Crippen molar-refractivity contribution >= 4 is 17.5 Å². The summed E-state index contributed by atoms with van der Waals surface area (Å²) in [5.41, 5.74) is 2.79. The van der Waals surface area contributed by atoms with Gasteiger partial charge in [0.05, 0.1) is 20.3 Å². The summed E-state index contributed by atoms with van der Waals surface area (Å²) in [6.07, 6.45) is 3.42. The highest BCUT2D eigenvalue weighted by Crippen LogP contribution is 2.18. The largest absolute Gasteiger partial charge is 0.497 e. The summed E-state index contributed by atoms with van der Waals surface area (Å²) in [6.45, 7) is 3.30. The van der Waals surface area contributed by atoms with Crippen LogP contribution >= 0.6 is 0 Å². The van der Waals surface area contributed by atoms with Crippen LogP contribution in [0.4, 0.5) is 5.69 Å².